The van der Waals surface area contributed by atoms with Crippen LogP contribution in [0.4, 0.5) is 0 Å². The molecule has 0 spiro atoms. The van der Waals surface area contributed by atoms with Crippen LogP contribution < -0.4 is 4.74 Å². The molecule has 0 fully saturated rings. The highest BCUT2D eigenvalue weighted by Crippen LogP contribution is 2.39. The summed E-state index contributed by atoms with van der Waals surface area (Å²) >= 11 is 15.7. The van der Waals surface area contributed by atoms with Crippen molar-refractivity contribution < 1.29 is 4.74 Å². The van der Waals surface area contributed by atoms with Crippen LogP contribution in [0.5, 0.6) is 5.75 Å². The first kappa shape index (κ1) is 13.3. The maximum Gasteiger partial charge on any atom is 0.123 e. The third-order valence-corrected chi connectivity index (χ3v) is 5.12. The first-order valence-corrected chi connectivity index (χ1v) is 7.66. The second-order valence-electron chi connectivity index (χ2n) is 4.54. The Bertz CT molecular complexity index is 590. The van der Waals surface area contributed by atoms with Crippen LogP contribution in [0.3, 0.4) is 0 Å². The molecule has 19 heavy (non-hydrogen) atoms. The van der Waals surface area contributed by atoms with Crippen LogP contribution in [0.15, 0.2) is 42.5 Å². The maximum absolute atomic E-state index is 6.06. The maximum atomic E-state index is 6.06. The molecule has 0 bridgehead atoms. The predicted octanol–water partition coefficient (Wildman–Crippen LogP) is 5.43. The van der Waals surface area contributed by atoms with E-state index in [9.17, 15) is 0 Å². The summed E-state index contributed by atoms with van der Waals surface area (Å²) in [4.78, 5) is 0.0923. The molecular formula is C15H11BrCl2O. The van der Waals surface area contributed by atoms with Crippen LogP contribution in [0.1, 0.15) is 16.0 Å². The van der Waals surface area contributed by atoms with Crippen LogP contribution in [-0.4, -0.2) is 6.10 Å². The van der Waals surface area contributed by atoms with Gasteiger partial charge >= 0.3 is 0 Å². The number of alkyl halides is 1. The van der Waals surface area contributed by atoms with E-state index in [2.05, 4.69) is 22.0 Å². The third kappa shape index (κ3) is 2.62. The average molecular weight is 358 g/mol. The minimum atomic E-state index is 0.0784. The summed E-state index contributed by atoms with van der Waals surface area (Å²) in [7, 11) is 0. The Kier molecular flexibility index (Phi) is 3.75. The molecule has 0 aliphatic carbocycles. The van der Waals surface area contributed by atoms with Gasteiger partial charge in [0.05, 0.1) is 14.9 Å². The number of ether oxygens (including phenoxy) is 1. The molecule has 2 unspecified atom stereocenters. The second kappa shape index (κ2) is 5.35. The smallest absolute Gasteiger partial charge is 0.123 e. The number of hydrogen-bond acceptors (Lipinski definition) is 1. The van der Waals surface area contributed by atoms with Crippen LogP contribution in [0.2, 0.25) is 10.0 Å². The topological polar surface area (TPSA) is 9.23 Å². The molecule has 1 nitrogen and oxygen atoms in total. The zero-order valence-corrected chi connectivity index (χ0v) is 13.0. The summed E-state index contributed by atoms with van der Waals surface area (Å²) in [5.41, 5.74) is 2.32. The molecule has 4 heteroatoms. The SMILES string of the molecule is Clc1ccc(C(Br)C2Cc3ccccc3O2)cc1Cl. The number of rotatable bonds is 2. The third-order valence-electron chi connectivity index (χ3n) is 3.26. The van der Waals surface area contributed by atoms with E-state index < -0.39 is 0 Å². The number of hydrogen-bond donors (Lipinski definition) is 0. The van der Waals surface area contributed by atoms with Gasteiger partial charge in [0.15, 0.2) is 0 Å². The lowest BCUT2D eigenvalue weighted by Gasteiger charge is -2.18. The lowest BCUT2D eigenvalue weighted by atomic mass is 10.0. The highest BCUT2D eigenvalue weighted by atomic mass is 79.9. The zero-order chi connectivity index (χ0) is 13.4. The van der Waals surface area contributed by atoms with Gasteiger partial charge in [0, 0.05) is 6.42 Å². The van der Waals surface area contributed by atoms with Crippen LogP contribution >= 0.6 is 39.1 Å². The summed E-state index contributed by atoms with van der Waals surface area (Å²) < 4.78 is 5.97. The van der Waals surface area contributed by atoms with Crippen molar-refractivity contribution in [3.63, 3.8) is 0 Å². The Morgan fingerprint density at radius 3 is 2.63 bits per heavy atom. The number of benzene rings is 2. The van der Waals surface area contributed by atoms with Gasteiger partial charge in [0.25, 0.3) is 0 Å². The molecule has 1 heterocycles. The van der Waals surface area contributed by atoms with Gasteiger partial charge in [-0.05, 0) is 29.3 Å². The molecule has 0 N–H and O–H groups in total. The van der Waals surface area contributed by atoms with Crippen molar-refractivity contribution >= 4 is 39.1 Å². The van der Waals surface area contributed by atoms with E-state index in [1.54, 1.807) is 0 Å². The van der Waals surface area contributed by atoms with Gasteiger partial charge in [-0.1, -0.05) is 63.4 Å². The van der Waals surface area contributed by atoms with E-state index in [4.69, 9.17) is 27.9 Å². The van der Waals surface area contributed by atoms with Gasteiger partial charge in [0.1, 0.15) is 11.9 Å². The van der Waals surface area contributed by atoms with Crippen molar-refractivity contribution in [1.29, 1.82) is 0 Å². The Morgan fingerprint density at radius 2 is 1.89 bits per heavy atom. The van der Waals surface area contributed by atoms with Gasteiger partial charge in [-0.25, -0.2) is 0 Å². The number of halogens is 3. The van der Waals surface area contributed by atoms with E-state index in [1.807, 2.05) is 36.4 Å². The van der Waals surface area contributed by atoms with E-state index in [0.29, 0.717) is 10.0 Å². The van der Waals surface area contributed by atoms with Crippen molar-refractivity contribution in [2.45, 2.75) is 17.4 Å². The molecule has 0 aromatic heterocycles. The van der Waals surface area contributed by atoms with Gasteiger partial charge in [-0.3, -0.25) is 0 Å². The van der Waals surface area contributed by atoms with E-state index in [1.165, 1.54) is 5.56 Å². The van der Waals surface area contributed by atoms with E-state index in [-0.39, 0.29) is 10.9 Å². The Balaban J connectivity index is 1.82. The van der Waals surface area contributed by atoms with E-state index in [0.717, 1.165) is 17.7 Å². The van der Waals surface area contributed by atoms with Gasteiger partial charge in [-0.15, -0.1) is 0 Å². The van der Waals surface area contributed by atoms with Crippen molar-refractivity contribution in [2.24, 2.45) is 0 Å². The average Bonchev–Trinajstić information content (AvgIpc) is 2.85. The first-order valence-electron chi connectivity index (χ1n) is 5.99. The molecular weight excluding hydrogens is 347 g/mol. The quantitative estimate of drug-likeness (QED) is 0.651. The van der Waals surface area contributed by atoms with E-state index >= 15 is 0 Å². The minimum absolute atomic E-state index is 0.0784. The first-order chi connectivity index (χ1) is 9.15. The number of fused-ring (bicyclic) bond motifs is 1. The van der Waals surface area contributed by atoms with Crippen LogP contribution in [0.25, 0.3) is 0 Å². The van der Waals surface area contributed by atoms with Crippen LogP contribution in [0, 0.1) is 0 Å². The molecule has 1 aliphatic heterocycles. The summed E-state index contributed by atoms with van der Waals surface area (Å²) in [6.45, 7) is 0. The molecule has 2 atom stereocenters. The summed E-state index contributed by atoms with van der Waals surface area (Å²) in [6, 6.07) is 13.8. The van der Waals surface area contributed by atoms with Crippen molar-refractivity contribution in [2.75, 3.05) is 0 Å². The lowest BCUT2D eigenvalue weighted by Crippen LogP contribution is -2.19. The Morgan fingerprint density at radius 1 is 1.11 bits per heavy atom. The fourth-order valence-corrected chi connectivity index (χ4v) is 3.16. The largest absolute Gasteiger partial charge is 0.488 e. The minimum Gasteiger partial charge on any atom is -0.488 e. The molecule has 1 aliphatic rings. The Hall–Kier alpha value is -0.700. The molecule has 98 valence electrons. The molecule has 0 saturated heterocycles. The second-order valence-corrected chi connectivity index (χ2v) is 6.34. The summed E-state index contributed by atoms with van der Waals surface area (Å²) in [5.74, 6) is 0.969. The zero-order valence-electron chi connectivity index (χ0n) is 9.95. The summed E-state index contributed by atoms with van der Waals surface area (Å²) in [6.07, 6.45) is 0.974. The van der Waals surface area contributed by atoms with Gasteiger partial charge in [-0.2, -0.15) is 0 Å². The fraction of sp³-hybridized carbons (Fsp3) is 0.200. The van der Waals surface area contributed by atoms with Crippen molar-refractivity contribution in [3.05, 3.63) is 63.6 Å². The molecule has 0 saturated carbocycles. The highest BCUT2D eigenvalue weighted by molar-refractivity contribution is 9.09. The number of para-hydroxylation sites is 1. The Labute approximate surface area is 130 Å². The van der Waals surface area contributed by atoms with Crippen LogP contribution in [-0.2, 0) is 6.42 Å². The monoisotopic (exact) mass is 356 g/mol. The standard InChI is InChI=1S/C15H11BrCl2O/c16-15(10-5-6-11(17)12(18)7-10)14-8-9-3-1-2-4-13(9)19-14/h1-7,14-15H,8H2. The van der Waals surface area contributed by atoms with Gasteiger partial charge in [0.2, 0.25) is 0 Å². The predicted molar refractivity (Wildman–Crippen MR) is 82.7 cm³/mol. The summed E-state index contributed by atoms with van der Waals surface area (Å²) in [5, 5.41) is 1.14. The molecule has 0 amide bonds. The molecule has 2 aromatic carbocycles. The van der Waals surface area contributed by atoms with Crippen molar-refractivity contribution in [1.82, 2.24) is 0 Å². The van der Waals surface area contributed by atoms with Gasteiger partial charge < -0.3 is 4.74 Å². The normalized spacial score (nSPS) is 18.8. The fourth-order valence-electron chi connectivity index (χ4n) is 2.27. The molecule has 0 radical (unpaired) electrons. The lowest BCUT2D eigenvalue weighted by molar-refractivity contribution is 0.232. The van der Waals surface area contributed by atoms with Crippen molar-refractivity contribution in [3.8, 4) is 5.75 Å². The molecule has 2 aromatic rings. The molecule has 3 rings (SSSR count). The highest BCUT2D eigenvalue weighted by Gasteiger charge is 2.29.